The topological polar surface area (TPSA) is 67.7 Å². The molecule has 144 valence electrons. The van der Waals surface area contributed by atoms with Crippen molar-refractivity contribution in [1.29, 1.82) is 0 Å². The van der Waals surface area contributed by atoms with Crippen molar-refractivity contribution in [3.05, 3.63) is 48.5 Å². The van der Waals surface area contributed by atoms with Crippen molar-refractivity contribution in [2.24, 2.45) is 0 Å². The number of benzene rings is 1. The van der Waals surface area contributed by atoms with Gasteiger partial charge in [0.25, 0.3) is 5.91 Å². The second-order valence-electron chi connectivity index (χ2n) is 6.81. The van der Waals surface area contributed by atoms with E-state index >= 15 is 0 Å². The lowest BCUT2D eigenvalue weighted by Gasteiger charge is -2.41. The summed E-state index contributed by atoms with van der Waals surface area (Å²) in [5, 5.41) is 4.28. The smallest absolute Gasteiger partial charge is 0.260 e. The minimum absolute atomic E-state index is 0.0270. The first-order valence-corrected chi connectivity index (χ1v) is 8.80. The van der Waals surface area contributed by atoms with E-state index in [0.717, 1.165) is 0 Å². The number of aromatic nitrogens is 2. The van der Waals surface area contributed by atoms with Crippen LogP contribution in [0.15, 0.2) is 42.7 Å². The van der Waals surface area contributed by atoms with Crippen molar-refractivity contribution in [2.75, 3.05) is 33.8 Å². The molecule has 1 saturated heterocycles. The lowest BCUT2D eigenvalue weighted by Crippen LogP contribution is -2.56. The SMILES string of the molecule is CN(C)C(=O)C1(n2cccn2)CCN(C(=O)COc2ccc(F)cc2)CC1. The first kappa shape index (κ1) is 18.9. The van der Waals surface area contributed by atoms with Crippen LogP contribution < -0.4 is 4.74 Å². The number of halogens is 1. The Labute approximate surface area is 157 Å². The number of likely N-dealkylation sites (N-methyl/N-ethyl adjacent to an activating group) is 1. The van der Waals surface area contributed by atoms with Crippen LogP contribution in [0, 0.1) is 5.82 Å². The van der Waals surface area contributed by atoms with Gasteiger partial charge in [-0.3, -0.25) is 14.3 Å². The first-order chi connectivity index (χ1) is 12.9. The highest BCUT2D eigenvalue weighted by Crippen LogP contribution is 2.31. The summed E-state index contributed by atoms with van der Waals surface area (Å²) in [5.41, 5.74) is -0.776. The summed E-state index contributed by atoms with van der Waals surface area (Å²) in [6.45, 7) is 0.748. The molecule has 7 nitrogen and oxygen atoms in total. The molecule has 0 saturated carbocycles. The molecule has 0 bridgehead atoms. The van der Waals surface area contributed by atoms with Crippen LogP contribution in [0.5, 0.6) is 5.75 Å². The maximum Gasteiger partial charge on any atom is 0.260 e. The highest BCUT2D eigenvalue weighted by Gasteiger charge is 2.45. The van der Waals surface area contributed by atoms with E-state index in [-0.39, 0.29) is 24.2 Å². The van der Waals surface area contributed by atoms with E-state index in [4.69, 9.17) is 4.74 Å². The Bertz CT molecular complexity index is 782. The van der Waals surface area contributed by atoms with Gasteiger partial charge in [0.1, 0.15) is 17.1 Å². The Morgan fingerprint density at radius 2 is 1.89 bits per heavy atom. The van der Waals surface area contributed by atoms with Gasteiger partial charge in [0.15, 0.2) is 6.61 Å². The van der Waals surface area contributed by atoms with Crippen molar-refractivity contribution in [3.63, 3.8) is 0 Å². The van der Waals surface area contributed by atoms with Crippen molar-refractivity contribution < 1.29 is 18.7 Å². The summed E-state index contributed by atoms with van der Waals surface area (Å²) < 4.78 is 20.1. The predicted octanol–water partition coefficient (Wildman–Crippen LogP) is 1.51. The lowest BCUT2D eigenvalue weighted by molar-refractivity contribution is -0.146. The molecule has 1 aliphatic heterocycles. The summed E-state index contributed by atoms with van der Waals surface area (Å²) in [7, 11) is 3.45. The molecule has 0 unspecified atom stereocenters. The van der Waals surface area contributed by atoms with E-state index < -0.39 is 5.54 Å². The standard InChI is InChI=1S/C19H23FN4O3/c1-22(2)18(26)19(24-11-3-10-21-24)8-12-23(13-9-19)17(25)14-27-16-6-4-15(20)5-7-16/h3-7,10-11H,8-9,12-14H2,1-2H3. The Morgan fingerprint density at radius 3 is 2.44 bits per heavy atom. The van der Waals surface area contributed by atoms with E-state index in [1.54, 1.807) is 47.0 Å². The van der Waals surface area contributed by atoms with Crippen LogP contribution in [0.2, 0.25) is 0 Å². The summed E-state index contributed by atoms with van der Waals surface area (Å²) in [5.74, 6) is -0.104. The van der Waals surface area contributed by atoms with Gasteiger partial charge in [-0.05, 0) is 43.2 Å². The van der Waals surface area contributed by atoms with Crippen LogP contribution >= 0.6 is 0 Å². The first-order valence-electron chi connectivity index (χ1n) is 8.80. The highest BCUT2D eigenvalue weighted by atomic mass is 19.1. The number of hydrogen-bond donors (Lipinski definition) is 0. The molecule has 2 aromatic rings. The summed E-state index contributed by atoms with van der Waals surface area (Å²) in [6, 6.07) is 7.32. The normalized spacial score (nSPS) is 16.0. The fourth-order valence-corrected chi connectivity index (χ4v) is 3.37. The maximum atomic E-state index is 12.9. The molecular weight excluding hydrogens is 351 g/mol. The van der Waals surface area contributed by atoms with Gasteiger partial charge in [-0.25, -0.2) is 4.39 Å². The van der Waals surface area contributed by atoms with Crippen LogP contribution in [0.4, 0.5) is 4.39 Å². The van der Waals surface area contributed by atoms with Crippen LogP contribution in [-0.2, 0) is 15.1 Å². The Hall–Kier alpha value is -2.90. The van der Waals surface area contributed by atoms with E-state index in [2.05, 4.69) is 5.10 Å². The van der Waals surface area contributed by atoms with Gasteiger partial charge in [-0.15, -0.1) is 0 Å². The Balaban J connectivity index is 1.63. The molecule has 0 spiro atoms. The number of hydrogen-bond acceptors (Lipinski definition) is 4. The molecule has 2 heterocycles. The Kier molecular flexibility index (Phi) is 5.43. The van der Waals surface area contributed by atoms with Crippen LogP contribution in [0.3, 0.4) is 0 Å². The molecule has 1 aromatic carbocycles. The molecule has 8 heteroatoms. The second kappa shape index (κ2) is 7.77. The molecule has 0 atom stereocenters. The zero-order valence-electron chi connectivity index (χ0n) is 15.5. The molecule has 2 amide bonds. The molecule has 1 aliphatic rings. The number of nitrogens with zero attached hydrogens (tertiary/aromatic N) is 4. The van der Waals surface area contributed by atoms with E-state index in [1.807, 2.05) is 0 Å². The third-order valence-electron chi connectivity index (χ3n) is 4.87. The number of rotatable bonds is 5. The summed E-state index contributed by atoms with van der Waals surface area (Å²) in [4.78, 5) is 28.5. The molecule has 1 aromatic heterocycles. The zero-order chi connectivity index (χ0) is 19.4. The van der Waals surface area contributed by atoms with E-state index in [1.165, 1.54) is 24.3 Å². The monoisotopic (exact) mass is 374 g/mol. The molecule has 1 fully saturated rings. The van der Waals surface area contributed by atoms with Gasteiger partial charge in [-0.2, -0.15) is 5.10 Å². The second-order valence-corrected chi connectivity index (χ2v) is 6.81. The molecule has 0 N–H and O–H groups in total. The van der Waals surface area contributed by atoms with Crippen molar-refractivity contribution in [2.45, 2.75) is 18.4 Å². The van der Waals surface area contributed by atoms with Crippen LogP contribution in [-0.4, -0.2) is 65.2 Å². The fraction of sp³-hybridized carbons (Fsp3) is 0.421. The van der Waals surface area contributed by atoms with Gasteiger partial charge in [0.2, 0.25) is 5.91 Å². The van der Waals surface area contributed by atoms with Crippen molar-refractivity contribution in [3.8, 4) is 5.75 Å². The average molecular weight is 374 g/mol. The van der Waals surface area contributed by atoms with Gasteiger partial charge in [0.05, 0.1) is 0 Å². The molecule has 0 radical (unpaired) electrons. The molecule has 3 rings (SSSR count). The van der Waals surface area contributed by atoms with E-state index in [0.29, 0.717) is 31.7 Å². The summed E-state index contributed by atoms with van der Waals surface area (Å²) >= 11 is 0. The summed E-state index contributed by atoms with van der Waals surface area (Å²) in [6.07, 6.45) is 4.40. The number of ether oxygens (including phenoxy) is 1. The maximum absolute atomic E-state index is 12.9. The number of amides is 2. The average Bonchev–Trinajstić information content (AvgIpc) is 3.22. The predicted molar refractivity (Wildman–Crippen MR) is 96.6 cm³/mol. The largest absolute Gasteiger partial charge is 0.484 e. The molecule has 27 heavy (non-hydrogen) atoms. The third kappa shape index (κ3) is 3.94. The van der Waals surface area contributed by atoms with Gasteiger partial charge in [-0.1, -0.05) is 0 Å². The lowest BCUT2D eigenvalue weighted by atomic mass is 9.86. The van der Waals surface area contributed by atoms with Gasteiger partial charge >= 0.3 is 0 Å². The van der Waals surface area contributed by atoms with Crippen molar-refractivity contribution in [1.82, 2.24) is 19.6 Å². The van der Waals surface area contributed by atoms with Gasteiger partial charge in [0, 0.05) is 39.6 Å². The zero-order valence-corrected chi connectivity index (χ0v) is 15.5. The third-order valence-corrected chi connectivity index (χ3v) is 4.87. The van der Waals surface area contributed by atoms with Crippen molar-refractivity contribution >= 4 is 11.8 Å². The van der Waals surface area contributed by atoms with E-state index in [9.17, 15) is 14.0 Å². The number of likely N-dealkylation sites (tertiary alicyclic amines) is 1. The van der Waals surface area contributed by atoms with Gasteiger partial charge < -0.3 is 14.5 Å². The molecule has 0 aliphatic carbocycles. The quantitative estimate of drug-likeness (QED) is 0.796. The fourth-order valence-electron chi connectivity index (χ4n) is 3.37. The minimum atomic E-state index is -0.776. The number of piperidine rings is 1. The number of carbonyl (C=O) groups excluding carboxylic acids is 2. The minimum Gasteiger partial charge on any atom is -0.484 e. The number of carbonyl (C=O) groups is 2. The highest BCUT2D eigenvalue weighted by molar-refractivity contribution is 5.85. The van der Waals surface area contributed by atoms with Crippen LogP contribution in [0.25, 0.3) is 0 Å². The molecular formula is C19H23FN4O3. The van der Waals surface area contributed by atoms with Crippen LogP contribution in [0.1, 0.15) is 12.8 Å². The Morgan fingerprint density at radius 1 is 1.22 bits per heavy atom.